The smallest absolute Gasteiger partial charge is 0.243 e. The third-order valence-electron chi connectivity index (χ3n) is 5.50. The van der Waals surface area contributed by atoms with E-state index in [9.17, 15) is 13.5 Å². The van der Waals surface area contributed by atoms with E-state index in [1.807, 2.05) is 6.92 Å². The number of ether oxygens (including phenoxy) is 2. The van der Waals surface area contributed by atoms with Crippen LogP contribution in [0.25, 0.3) is 17.2 Å². The minimum absolute atomic E-state index is 0.124. The molecule has 1 aromatic carbocycles. The largest absolute Gasteiger partial charge is 0.494 e. The molecule has 4 aromatic rings. The summed E-state index contributed by atoms with van der Waals surface area (Å²) >= 11 is 0. The number of nitrogens with zero attached hydrogens (tertiary/aromatic N) is 6. The molecular weight excluding hydrogens is 488 g/mol. The van der Waals surface area contributed by atoms with E-state index in [2.05, 4.69) is 35.1 Å². The highest BCUT2D eigenvalue weighted by molar-refractivity contribution is 7.93. The molecule has 0 aliphatic carbocycles. The van der Waals surface area contributed by atoms with Crippen LogP contribution in [0, 0.1) is 13.8 Å². The van der Waals surface area contributed by atoms with Gasteiger partial charge in [-0.1, -0.05) is 6.07 Å². The number of para-hydroxylation sites is 1. The van der Waals surface area contributed by atoms with Gasteiger partial charge in [0, 0.05) is 11.9 Å². The molecule has 0 saturated heterocycles. The molecule has 3 heterocycles. The van der Waals surface area contributed by atoms with Crippen molar-refractivity contribution in [3.8, 4) is 28.7 Å². The number of hydrogen-bond acceptors (Lipinski definition) is 10. The number of nitrogens with one attached hydrogen (secondary N) is 2. The van der Waals surface area contributed by atoms with E-state index in [1.165, 1.54) is 38.1 Å². The van der Waals surface area contributed by atoms with Gasteiger partial charge in [-0.3, -0.25) is 24.4 Å². The van der Waals surface area contributed by atoms with E-state index < -0.39 is 21.4 Å². The molecule has 0 aliphatic heterocycles. The van der Waals surface area contributed by atoms with Gasteiger partial charge in [0.05, 0.1) is 31.8 Å². The van der Waals surface area contributed by atoms with Crippen molar-refractivity contribution < 1.29 is 23.0 Å². The molecule has 3 N–H and O–H groups in total. The molecule has 2 atom stereocenters. The number of H-pyrrole nitrogens is 1. The minimum Gasteiger partial charge on any atom is -0.494 e. The average Bonchev–Trinajstić information content (AvgIpc) is 3.48. The van der Waals surface area contributed by atoms with Gasteiger partial charge in [0.1, 0.15) is 34.2 Å². The monoisotopic (exact) mass is 514 g/mol. The Morgan fingerprint density at radius 3 is 2.33 bits per heavy atom. The van der Waals surface area contributed by atoms with Crippen LogP contribution >= 0.6 is 0 Å². The topological polar surface area (TPSA) is 170 Å². The molecule has 0 radical (unpaired) electrons. The number of aromatic nitrogens is 7. The SMILES string of the molecule is COc1cccc(OC)c1-n1c(NS(=O)(=O)C(C)C(O)c2cnc(C)cn2)nnc1-c1cc(C)[nH]n1. The molecule has 0 aliphatic rings. The summed E-state index contributed by atoms with van der Waals surface area (Å²) in [6.45, 7) is 4.92. The first-order valence-electron chi connectivity index (χ1n) is 10.8. The van der Waals surface area contributed by atoms with Gasteiger partial charge in [0.15, 0.2) is 5.82 Å². The first-order valence-corrected chi connectivity index (χ1v) is 12.4. The zero-order valence-electron chi connectivity index (χ0n) is 20.3. The molecule has 0 bridgehead atoms. The van der Waals surface area contributed by atoms with Gasteiger partial charge >= 0.3 is 0 Å². The summed E-state index contributed by atoms with van der Waals surface area (Å²) in [5.74, 6) is 0.845. The summed E-state index contributed by atoms with van der Waals surface area (Å²) < 4.78 is 41.6. The molecule has 14 heteroatoms. The molecular formula is C22H26N8O5S. The van der Waals surface area contributed by atoms with E-state index in [4.69, 9.17) is 9.47 Å². The lowest BCUT2D eigenvalue weighted by atomic mass is 10.2. The van der Waals surface area contributed by atoms with E-state index in [0.717, 1.165) is 5.69 Å². The van der Waals surface area contributed by atoms with Crippen LogP contribution < -0.4 is 14.2 Å². The molecule has 0 fully saturated rings. The molecule has 13 nitrogen and oxygen atoms in total. The van der Waals surface area contributed by atoms with Gasteiger partial charge in [-0.25, -0.2) is 8.42 Å². The second-order valence-electron chi connectivity index (χ2n) is 8.01. The van der Waals surface area contributed by atoms with E-state index >= 15 is 0 Å². The lowest BCUT2D eigenvalue weighted by Gasteiger charge is -2.21. The highest BCUT2D eigenvalue weighted by Crippen LogP contribution is 2.37. The summed E-state index contributed by atoms with van der Waals surface area (Å²) in [4.78, 5) is 8.17. The third-order valence-corrected chi connectivity index (χ3v) is 7.20. The van der Waals surface area contributed by atoms with Gasteiger partial charge in [-0.2, -0.15) is 5.10 Å². The van der Waals surface area contributed by atoms with Crippen molar-refractivity contribution >= 4 is 16.0 Å². The van der Waals surface area contributed by atoms with E-state index in [1.54, 1.807) is 31.2 Å². The van der Waals surface area contributed by atoms with Gasteiger partial charge in [-0.15, -0.1) is 10.2 Å². The first-order chi connectivity index (χ1) is 17.2. The standard InChI is InChI=1S/C22H26N8O5S/c1-12-9-15(26-25-12)21-27-28-22(30(21)19-17(34-4)7-6-8-18(19)35-5)29-36(32,33)14(3)20(31)16-11-23-13(2)10-24-16/h6-11,14,20,31H,1-5H3,(H,25,26)(H,28,29). The average molecular weight is 515 g/mol. The second-order valence-corrected chi connectivity index (χ2v) is 10.0. The number of anilines is 1. The normalized spacial score (nSPS) is 13.3. The van der Waals surface area contributed by atoms with Crippen LogP contribution in [-0.2, 0) is 10.0 Å². The highest BCUT2D eigenvalue weighted by atomic mass is 32.2. The second kappa shape index (κ2) is 9.91. The summed E-state index contributed by atoms with van der Waals surface area (Å²) in [5, 5.41) is 24.8. The van der Waals surface area contributed by atoms with Crippen molar-refractivity contribution in [3.63, 3.8) is 0 Å². The molecule has 2 unspecified atom stereocenters. The van der Waals surface area contributed by atoms with E-state index in [0.29, 0.717) is 28.6 Å². The zero-order valence-corrected chi connectivity index (χ0v) is 21.1. The lowest BCUT2D eigenvalue weighted by Crippen LogP contribution is -2.32. The van der Waals surface area contributed by atoms with Gasteiger partial charge in [-0.05, 0) is 39.0 Å². The number of methoxy groups -OCH3 is 2. The van der Waals surface area contributed by atoms with Gasteiger partial charge < -0.3 is 14.6 Å². The number of aromatic amines is 1. The summed E-state index contributed by atoms with van der Waals surface area (Å²) in [5.41, 5.74) is 2.31. The predicted octanol–water partition coefficient (Wildman–Crippen LogP) is 1.95. The van der Waals surface area contributed by atoms with Crippen LogP contribution in [0.5, 0.6) is 11.5 Å². The lowest BCUT2D eigenvalue weighted by molar-refractivity contribution is 0.171. The Balaban J connectivity index is 1.81. The highest BCUT2D eigenvalue weighted by Gasteiger charge is 2.33. The maximum absolute atomic E-state index is 13.3. The van der Waals surface area contributed by atoms with Crippen LogP contribution in [0.3, 0.4) is 0 Å². The third kappa shape index (κ3) is 4.72. The minimum atomic E-state index is -4.21. The Morgan fingerprint density at radius 1 is 1.08 bits per heavy atom. The maximum Gasteiger partial charge on any atom is 0.243 e. The van der Waals surface area contributed by atoms with Crippen molar-refractivity contribution in [3.05, 3.63) is 53.7 Å². The molecule has 0 spiro atoms. The summed E-state index contributed by atoms with van der Waals surface area (Å²) in [6, 6.07) is 6.86. The van der Waals surface area contributed by atoms with Crippen LogP contribution in [0.15, 0.2) is 36.7 Å². The Labute approximate surface area is 207 Å². The Hall–Kier alpha value is -4.04. The Morgan fingerprint density at radius 2 is 1.78 bits per heavy atom. The van der Waals surface area contributed by atoms with Crippen molar-refractivity contribution in [2.45, 2.75) is 32.1 Å². The number of aliphatic hydroxyl groups is 1. The van der Waals surface area contributed by atoms with Crippen LogP contribution in [0.1, 0.15) is 30.1 Å². The number of aryl methyl sites for hydroxylation is 2. The van der Waals surface area contributed by atoms with Gasteiger partial charge in [0.25, 0.3) is 0 Å². The van der Waals surface area contributed by atoms with Crippen molar-refractivity contribution in [1.29, 1.82) is 0 Å². The molecule has 0 amide bonds. The molecule has 4 rings (SSSR count). The van der Waals surface area contributed by atoms with Crippen LogP contribution in [0.4, 0.5) is 5.95 Å². The van der Waals surface area contributed by atoms with Crippen molar-refractivity contribution in [2.24, 2.45) is 0 Å². The zero-order chi connectivity index (χ0) is 26.0. The molecule has 3 aromatic heterocycles. The quantitative estimate of drug-likeness (QED) is 0.300. The fraction of sp³-hybridized carbons (Fsp3) is 0.318. The maximum atomic E-state index is 13.3. The predicted molar refractivity (Wildman–Crippen MR) is 131 cm³/mol. The number of hydrogen-bond donors (Lipinski definition) is 3. The number of rotatable bonds is 9. The molecule has 190 valence electrons. The molecule has 36 heavy (non-hydrogen) atoms. The molecule has 0 saturated carbocycles. The van der Waals surface area contributed by atoms with Crippen molar-refractivity contribution in [2.75, 3.05) is 18.9 Å². The fourth-order valence-corrected chi connectivity index (χ4v) is 4.55. The number of sulfonamides is 1. The summed E-state index contributed by atoms with van der Waals surface area (Å²) in [7, 11) is -1.25. The first kappa shape index (κ1) is 25.1. The van der Waals surface area contributed by atoms with Crippen LogP contribution in [-0.4, -0.2) is 67.9 Å². The fourth-order valence-electron chi connectivity index (χ4n) is 3.50. The van der Waals surface area contributed by atoms with Crippen molar-refractivity contribution in [1.82, 2.24) is 34.9 Å². The number of benzene rings is 1. The Kier molecular flexibility index (Phi) is 6.90. The Bertz CT molecular complexity index is 1440. The summed E-state index contributed by atoms with van der Waals surface area (Å²) in [6.07, 6.45) is 1.35. The number of aliphatic hydroxyl groups excluding tert-OH is 1. The van der Waals surface area contributed by atoms with Crippen LogP contribution in [0.2, 0.25) is 0 Å². The van der Waals surface area contributed by atoms with E-state index in [-0.39, 0.29) is 17.5 Å². The van der Waals surface area contributed by atoms with Gasteiger partial charge in [0.2, 0.25) is 16.0 Å².